The summed E-state index contributed by atoms with van der Waals surface area (Å²) in [6.45, 7) is 3.99. The molecule has 1 N–H and O–H groups in total. The number of benzene rings is 2. The molecule has 2 aromatic carbocycles. The van der Waals surface area contributed by atoms with Crippen LogP contribution in [-0.2, 0) is 22.8 Å². The summed E-state index contributed by atoms with van der Waals surface area (Å²) in [4.78, 5) is 14.3. The Bertz CT molecular complexity index is 959. The van der Waals surface area contributed by atoms with Crippen molar-refractivity contribution in [2.45, 2.75) is 39.0 Å². The summed E-state index contributed by atoms with van der Waals surface area (Å²) in [5, 5.41) is 2.61. The number of carbonyl (C=O) groups excluding carboxylic acids is 1. The van der Waals surface area contributed by atoms with Crippen molar-refractivity contribution in [3.63, 3.8) is 0 Å². The molecule has 1 atom stereocenters. The molecule has 0 heterocycles. The van der Waals surface area contributed by atoms with E-state index in [-0.39, 0.29) is 24.0 Å². The Balaban J connectivity index is 2.12. The summed E-state index contributed by atoms with van der Waals surface area (Å²) in [5.74, 6) is 0.158. The maximum atomic E-state index is 12.7. The number of halogens is 3. The van der Waals surface area contributed by atoms with Gasteiger partial charge in [0.05, 0.1) is 11.8 Å². The number of anilines is 1. The van der Waals surface area contributed by atoms with Gasteiger partial charge < -0.3 is 14.4 Å². The van der Waals surface area contributed by atoms with E-state index in [2.05, 4.69) is 5.32 Å². The highest BCUT2D eigenvalue weighted by Crippen LogP contribution is 2.30. The molecule has 6 nitrogen and oxygen atoms in total. The molecule has 1 unspecified atom stereocenters. The SMILES string of the molecule is CCC(C)N(Cc1ccc(OS(C)(=O)=O)cc1)C(=O)Nc1ccc(C(F)(F)F)cc1. The Hall–Kier alpha value is -2.75. The number of hydrogen-bond donors (Lipinski definition) is 1. The zero-order valence-corrected chi connectivity index (χ0v) is 17.5. The van der Waals surface area contributed by atoms with Crippen molar-refractivity contribution in [2.75, 3.05) is 11.6 Å². The number of nitrogens with zero attached hydrogens (tertiary/aromatic N) is 1. The standard InChI is InChI=1S/C20H23F3N2O4S/c1-4-14(2)25(13-15-5-11-18(12-6-15)29-30(3,27)28)19(26)24-17-9-7-16(8-10-17)20(21,22)23/h5-12,14H,4,13H2,1-3H3,(H,24,26). The molecule has 0 bridgehead atoms. The van der Waals surface area contributed by atoms with Crippen LogP contribution in [0.15, 0.2) is 48.5 Å². The smallest absolute Gasteiger partial charge is 0.383 e. The molecule has 0 aliphatic carbocycles. The maximum absolute atomic E-state index is 12.7. The van der Waals surface area contributed by atoms with Crippen LogP contribution in [0.5, 0.6) is 5.75 Å². The highest BCUT2D eigenvalue weighted by Gasteiger charge is 2.30. The molecule has 164 valence electrons. The molecule has 0 saturated heterocycles. The van der Waals surface area contributed by atoms with Crippen LogP contribution in [-0.4, -0.2) is 31.6 Å². The Labute approximate surface area is 173 Å². The van der Waals surface area contributed by atoms with Gasteiger partial charge in [0.15, 0.2) is 0 Å². The normalized spacial score (nSPS) is 12.9. The average Bonchev–Trinajstić information content (AvgIpc) is 2.65. The molecule has 0 aliphatic heterocycles. The summed E-state index contributed by atoms with van der Waals surface area (Å²) in [6.07, 6.45) is -2.84. The van der Waals surface area contributed by atoms with Gasteiger partial charge >= 0.3 is 22.3 Å². The zero-order valence-electron chi connectivity index (χ0n) is 16.7. The summed E-state index contributed by atoms with van der Waals surface area (Å²) in [7, 11) is -3.64. The molecule has 0 radical (unpaired) electrons. The Morgan fingerprint density at radius 1 is 1.10 bits per heavy atom. The van der Waals surface area contributed by atoms with Crippen molar-refractivity contribution < 1.29 is 30.6 Å². The second-order valence-corrected chi connectivity index (χ2v) is 8.40. The lowest BCUT2D eigenvalue weighted by Gasteiger charge is -2.29. The fourth-order valence-electron chi connectivity index (χ4n) is 2.61. The monoisotopic (exact) mass is 444 g/mol. The first-order valence-corrected chi connectivity index (χ1v) is 10.9. The van der Waals surface area contributed by atoms with Crippen molar-refractivity contribution in [3.05, 3.63) is 59.7 Å². The van der Waals surface area contributed by atoms with Crippen LogP contribution >= 0.6 is 0 Å². The first kappa shape index (κ1) is 23.5. The van der Waals surface area contributed by atoms with Gasteiger partial charge in [0.2, 0.25) is 0 Å². The summed E-state index contributed by atoms with van der Waals surface area (Å²) >= 11 is 0. The van der Waals surface area contributed by atoms with Gasteiger partial charge in [0.1, 0.15) is 5.75 Å². The first-order valence-electron chi connectivity index (χ1n) is 9.12. The van der Waals surface area contributed by atoms with Crippen LogP contribution in [0.25, 0.3) is 0 Å². The summed E-state index contributed by atoms with van der Waals surface area (Å²) in [6, 6.07) is 9.86. The third-order valence-electron chi connectivity index (χ3n) is 4.37. The molecule has 2 rings (SSSR count). The zero-order chi connectivity index (χ0) is 22.5. The Morgan fingerprint density at radius 2 is 1.67 bits per heavy atom. The van der Waals surface area contributed by atoms with Gasteiger partial charge in [-0.15, -0.1) is 0 Å². The van der Waals surface area contributed by atoms with Gasteiger partial charge in [-0.1, -0.05) is 19.1 Å². The fourth-order valence-corrected chi connectivity index (χ4v) is 3.07. The minimum Gasteiger partial charge on any atom is -0.383 e. The van der Waals surface area contributed by atoms with Crippen molar-refractivity contribution in [3.8, 4) is 5.75 Å². The molecular weight excluding hydrogens is 421 g/mol. The molecule has 0 aliphatic rings. The van der Waals surface area contributed by atoms with Crippen LogP contribution < -0.4 is 9.50 Å². The van der Waals surface area contributed by atoms with Gasteiger partial charge in [-0.05, 0) is 55.3 Å². The van der Waals surface area contributed by atoms with Gasteiger partial charge in [-0.3, -0.25) is 0 Å². The van der Waals surface area contributed by atoms with Crippen molar-refractivity contribution >= 4 is 21.8 Å². The van der Waals surface area contributed by atoms with Crippen LogP contribution in [0.3, 0.4) is 0 Å². The lowest BCUT2D eigenvalue weighted by molar-refractivity contribution is -0.137. The number of hydrogen-bond acceptors (Lipinski definition) is 4. The summed E-state index contributed by atoms with van der Waals surface area (Å²) in [5.41, 5.74) is 0.188. The van der Waals surface area contributed by atoms with E-state index in [4.69, 9.17) is 4.18 Å². The quantitative estimate of drug-likeness (QED) is 0.618. The van der Waals surface area contributed by atoms with Gasteiger partial charge in [-0.25, -0.2) is 4.79 Å². The van der Waals surface area contributed by atoms with Crippen LogP contribution in [0.2, 0.25) is 0 Å². The van der Waals surface area contributed by atoms with E-state index in [1.165, 1.54) is 24.3 Å². The van der Waals surface area contributed by atoms with E-state index in [9.17, 15) is 26.4 Å². The van der Waals surface area contributed by atoms with E-state index in [0.717, 1.165) is 24.0 Å². The molecule has 0 spiro atoms. The lowest BCUT2D eigenvalue weighted by Crippen LogP contribution is -2.40. The first-order chi connectivity index (χ1) is 13.9. The predicted molar refractivity (Wildman–Crippen MR) is 108 cm³/mol. The van der Waals surface area contributed by atoms with E-state index in [1.54, 1.807) is 17.0 Å². The number of urea groups is 1. The predicted octanol–water partition coefficient (Wildman–Crippen LogP) is 4.88. The number of alkyl halides is 3. The van der Waals surface area contributed by atoms with Crippen molar-refractivity contribution in [2.24, 2.45) is 0 Å². The fraction of sp³-hybridized carbons (Fsp3) is 0.350. The summed E-state index contributed by atoms with van der Waals surface area (Å²) < 4.78 is 65.2. The van der Waals surface area contributed by atoms with Crippen LogP contribution in [0.1, 0.15) is 31.4 Å². The second-order valence-electron chi connectivity index (χ2n) is 6.82. The van der Waals surface area contributed by atoms with Crippen LogP contribution in [0.4, 0.5) is 23.7 Å². The Kier molecular flexibility index (Phi) is 7.35. The Morgan fingerprint density at radius 3 is 2.13 bits per heavy atom. The highest BCUT2D eigenvalue weighted by atomic mass is 32.2. The van der Waals surface area contributed by atoms with Crippen molar-refractivity contribution in [1.29, 1.82) is 0 Å². The maximum Gasteiger partial charge on any atom is 0.416 e. The topological polar surface area (TPSA) is 75.7 Å². The molecule has 10 heteroatoms. The number of rotatable bonds is 7. The third kappa shape index (κ3) is 6.94. The van der Waals surface area contributed by atoms with Crippen molar-refractivity contribution in [1.82, 2.24) is 4.90 Å². The van der Waals surface area contributed by atoms with E-state index >= 15 is 0 Å². The average molecular weight is 444 g/mol. The lowest BCUT2D eigenvalue weighted by atomic mass is 10.1. The third-order valence-corrected chi connectivity index (χ3v) is 4.87. The largest absolute Gasteiger partial charge is 0.416 e. The molecule has 2 aromatic rings. The second kappa shape index (κ2) is 9.38. The van der Waals surface area contributed by atoms with Gasteiger partial charge in [0.25, 0.3) is 0 Å². The molecule has 2 amide bonds. The molecular formula is C20H23F3N2O4S. The molecule has 0 fully saturated rings. The molecule has 0 aromatic heterocycles. The van der Waals surface area contributed by atoms with E-state index in [1.807, 2.05) is 13.8 Å². The number of amides is 2. The molecule has 0 saturated carbocycles. The number of nitrogens with one attached hydrogen (secondary N) is 1. The van der Waals surface area contributed by atoms with Gasteiger partial charge in [-0.2, -0.15) is 21.6 Å². The highest BCUT2D eigenvalue weighted by molar-refractivity contribution is 7.86. The van der Waals surface area contributed by atoms with Gasteiger partial charge in [0, 0.05) is 18.3 Å². The van der Waals surface area contributed by atoms with E-state index < -0.39 is 27.9 Å². The van der Waals surface area contributed by atoms with E-state index in [0.29, 0.717) is 6.42 Å². The number of carbonyl (C=O) groups is 1. The minimum absolute atomic E-state index is 0.147. The minimum atomic E-state index is -4.45. The van der Waals surface area contributed by atoms with Crippen LogP contribution in [0, 0.1) is 0 Å². The molecule has 30 heavy (non-hydrogen) atoms.